The summed E-state index contributed by atoms with van der Waals surface area (Å²) in [4.78, 5) is 0. The zero-order chi connectivity index (χ0) is 16.6. The Hall–Kier alpha value is -2.71. The van der Waals surface area contributed by atoms with Gasteiger partial charge in [-0.1, -0.05) is 12.1 Å². The molecule has 0 aliphatic rings. The fraction of sp³-hybridized carbons (Fsp3) is 0.214. The largest absolute Gasteiger partial charge is 0.453 e. The fourth-order valence-electron chi connectivity index (χ4n) is 2.07. The molecular weight excluding hydrogens is 314 g/mol. The Balaban J connectivity index is 1.84. The lowest BCUT2D eigenvalue weighted by Crippen LogP contribution is -2.13. The van der Waals surface area contributed by atoms with Crippen molar-refractivity contribution in [3.05, 3.63) is 53.1 Å². The molecule has 2 aromatic heterocycles. The fourth-order valence-corrected chi connectivity index (χ4v) is 2.07. The Morgan fingerprint density at radius 1 is 1.13 bits per heavy atom. The Labute approximate surface area is 128 Å². The first-order valence-corrected chi connectivity index (χ1v) is 6.63. The van der Waals surface area contributed by atoms with Gasteiger partial charge in [-0.05, 0) is 36.2 Å². The van der Waals surface area contributed by atoms with E-state index in [2.05, 4.69) is 20.6 Å². The molecule has 0 spiro atoms. The first-order chi connectivity index (χ1) is 10.8. The molecule has 0 aliphatic carbocycles. The molecule has 9 heteroatoms. The smallest absolute Gasteiger partial charge is 0.365 e. The number of nitrogens with one attached hydrogen (secondary N) is 1. The third-order valence-corrected chi connectivity index (χ3v) is 3.21. The van der Waals surface area contributed by atoms with Crippen molar-refractivity contribution >= 4 is 11.5 Å². The first kappa shape index (κ1) is 15.2. The van der Waals surface area contributed by atoms with Gasteiger partial charge in [-0.25, -0.2) is 4.39 Å². The number of aryl methyl sites for hydroxylation is 1. The van der Waals surface area contributed by atoms with Crippen molar-refractivity contribution in [1.82, 2.24) is 19.8 Å². The lowest BCUT2D eigenvalue weighted by Gasteiger charge is -2.08. The Morgan fingerprint density at radius 3 is 2.61 bits per heavy atom. The second kappa shape index (κ2) is 5.49. The molecule has 5 nitrogen and oxygen atoms in total. The van der Waals surface area contributed by atoms with Gasteiger partial charge in [0.15, 0.2) is 5.65 Å². The number of fused-ring (bicyclic) bond motifs is 1. The number of nitrogens with zero attached hydrogens (tertiary/aromatic N) is 4. The van der Waals surface area contributed by atoms with Gasteiger partial charge >= 0.3 is 6.18 Å². The summed E-state index contributed by atoms with van der Waals surface area (Å²) < 4.78 is 52.2. The van der Waals surface area contributed by atoms with E-state index in [0.29, 0.717) is 16.6 Å². The van der Waals surface area contributed by atoms with E-state index < -0.39 is 12.0 Å². The van der Waals surface area contributed by atoms with Gasteiger partial charge in [-0.3, -0.25) is 0 Å². The van der Waals surface area contributed by atoms with Crippen molar-refractivity contribution in [1.29, 1.82) is 0 Å². The molecule has 0 bridgehead atoms. The molecule has 0 fully saturated rings. The maximum Gasteiger partial charge on any atom is 0.453 e. The van der Waals surface area contributed by atoms with Crippen LogP contribution in [0.2, 0.25) is 0 Å². The molecule has 23 heavy (non-hydrogen) atoms. The Morgan fingerprint density at radius 2 is 1.91 bits per heavy atom. The summed E-state index contributed by atoms with van der Waals surface area (Å²) >= 11 is 0. The Bertz CT molecular complexity index is 856. The summed E-state index contributed by atoms with van der Waals surface area (Å²) in [5.74, 6) is -1.27. The molecule has 1 aromatic carbocycles. The Kier molecular flexibility index (Phi) is 3.63. The highest BCUT2D eigenvalue weighted by atomic mass is 19.4. The molecule has 120 valence electrons. The summed E-state index contributed by atoms with van der Waals surface area (Å²) in [5.41, 5.74) is 1.27. The van der Waals surface area contributed by atoms with E-state index in [1.807, 2.05) is 0 Å². The highest BCUT2D eigenvalue weighted by Gasteiger charge is 2.37. The van der Waals surface area contributed by atoms with Crippen LogP contribution >= 0.6 is 0 Å². The van der Waals surface area contributed by atoms with Crippen molar-refractivity contribution in [2.45, 2.75) is 19.6 Å². The zero-order valence-corrected chi connectivity index (χ0v) is 11.9. The van der Waals surface area contributed by atoms with Crippen molar-refractivity contribution in [3.8, 4) is 0 Å². The number of aromatic nitrogens is 4. The normalized spacial score (nSPS) is 11.9. The SMILES string of the molecule is Cc1cc(CNc2ccc3nnc(C(F)(F)F)n3n2)ccc1F. The summed E-state index contributed by atoms with van der Waals surface area (Å²) in [6.07, 6.45) is -4.64. The van der Waals surface area contributed by atoms with Gasteiger partial charge < -0.3 is 5.32 Å². The molecule has 0 saturated carbocycles. The maximum atomic E-state index is 13.2. The van der Waals surface area contributed by atoms with E-state index >= 15 is 0 Å². The summed E-state index contributed by atoms with van der Waals surface area (Å²) in [5, 5.41) is 13.3. The summed E-state index contributed by atoms with van der Waals surface area (Å²) in [7, 11) is 0. The van der Waals surface area contributed by atoms with Crippen LogP contribution in [0.5, 0.6) is 0 Å². The van der Waals surface area contributed by atoms with Crippen LogP contribution in [0.25, 0.3) is 5.65 Å². The van der Waals surface area contributed by atoms with Gasteiger partial charge in [0, 0.05) is 6.54 Å². The standard InChI is InChI=1S/C14H11F4N5/c1-8-6-9(2-3-10(8)15)7-19-11-4-5-12-20-21-13(14(16,17)18)23(12)22-11/h2-6H,7H2,1H3,(H,19,22). The van der Waals surface area contributed by atoms with E-state index in [0.717, 1.165) is 5.56 Å². The van der Waals surface area contributed by atoms with E-state index in [4.69, 9.17) is 0 Å². The average Bonchev–Trinajstić information content (AvgIpc) is 2.91. The molecule has 0 unspecified atom stereocenters. The minimum Gasteiger partial charge on any atom is -0.365 e. The third kappa shape index (κ3) is 3.08. The van der Waals surface area contributed by atoms with Gasteiger partial charge in [0.25, 0.3) is 5.82 Å². The number of benzene rings is 1. The topological polar surface area (TPSA) is 55.1 Å². The van der Waals surface area contributed by atoms with Crippen molar-refractivity contribution in [2.24, 2.45) is 0 Å². The number of halogens is 4. The minimum atomic E-state index is -4.64. The second-order valence-electron chi connectivity index (χ2n) is 4.95. The molecule has 0 saturated heterocycles. The van der Waals surface area contributed by atoms with Crippen LogP contribution in [0, 0.1) is 12.7 Å². The predicted octanol–water partition coefficient (Wildman–Crippen LogP) is 3.20. The number of alkyl halides is 3. The van der Waals surface area contributed by atoms with Gasteiger partial charge in [0.05, 0.1) is 0 Å². The maximum absolute atomic E-state index is 13.2. The van der Waals surface area contributed by atoms with Crippen LogP contribution in [0.1, 0.15) is 17.0 Å². The highest BCUT2D eigenvalue weighted by molar-refractivity contribution is 5.44. The molecule has 0 radical (unpaired) electrons. The van der Waals surface area contributed by atoms with E-state index in [-0.39, 0.29) is 17.3 Å². The van der Waals surface area contributed by atoms with Crippen LogP contribution < -0.4 is 5.32 Å². The van der Waals surface area contributed by atoms with E-state index in [1.54, 1.807) is 19.1 Å². The summed E-state index contributed by atoms with van der Waals surface area (Å²) in [6, 6.07) is 7.47. The van der Waals surface area contributed by atoms with Crippen LogP contribution in [-0.4, -0.2) is 19.8 Å². The number of anilines is 1. The number of hydrogen-bond acceptors (Lipinski definition) is 4. The van der Waals surface area contributed by atoms with Gasteiger partial charge in [0.1, 0.15) is 11.6 Å². The molecule has 2 heterocycles. The van der Waals surface area contributed by atoms with Gasteiger partial charge in [0.2, 0.25) is 0 Å². The quantitative estimate of drug-likeness (QED) is 0.751. The predicted molar refractivity (Wildman–Crippen MR) is 74.2 cm³/mol. The van der Waals surface area contributed by atoms with Gasteiger partial charge in [-0.2, -0.15) is 17.7 Å². The molecule has 0 amide bonds. The third-order valence-electron chi connectivity index (χ3n) is 3.21. The van der Waals surface area contributed by atoms with Gasteiger partial charge in [-0.15, -0.1) is 15.3 Å². The average molecular weight is 325 g/mol. The highest BCUT2D eigenvalue weighted by Crippen LogP contribution is 2.27. The zero-order valence-electron chi connectivity index (χ0n) is 11.9. The number of hydrogen-bond donors (Lipinski definition) is 1. The summed E-state index contributed by atoms with van der Waals surface area (Å²) in [6.45, 7) is 1.93. The van der Waals surface area contributed by atoms with Crippen molar-refractivity contribution in [2.75, 3.05) is 5.32 Å². The number of rotatable bonds is 3. The van der Waals surface area contributed by atoms with Crippen LogP contribution in [0.4, 0.5) is 23.4 Å². The van der Waals surface area contributed by atoms with Crippen LogP contribution in [0.15, 0.2) is 30.3 Å². The molecule has 3 aromatic rings. The first-order valence-electron chi connectivity index (χ1n) is 6.63. The molecule has 0 atom stereocenters. The van der Waals surface area contributed by atoms with Crippen molar-refractivity contribution in [3.63, 3.8) is 0 Å². The monoisotopic (exact) mass is 325 g/mol. The molecular formula is C14H11F4N5. The minimum absolute atomic E-state index is 0.000464. The molecule has 1 N–H and O–H groups in total. The van der Waals surface area contributed by atoms with E-state index in [9.17, 15) is 17.6 Å². The molecule has 0 aliphatic heterocycles. The lowest BCUT2D eigenvalue weighted by molar-refractivity contribution is -0.146. The van der Waals surface area contributed by atoms with E-state index in [1.165, 1.54) is 18.2 Å². The van der Waals surface area contributed by atoms with Crippen LogP contribution in [-0.2, 0) is 12.7 Å². The molecule has 3 rings (SSSR count). The second-order valence-corrected chi connectivity index (χ2v) is 4.95. The van der Waals surface area contributed by atoms with Crippen LogP contribution in [0.3, 0.4) is 0 Å². The van der Waals surface area contributed by atoms with Crippen molar-refractivity contribution < 1.29 is 17.6 Å². The lowest BCUT2D eigenvalue weighted by atomic mass is 10.1.